The summed E-state index contributed by atoms with van der Waals surface area (Å²) >= 11 is 11.7. The molecule has 7 heteroatoms. The first-order valence-electron chi connectivity index (χ1n) is 5.49. The first kappa shape index (κ1) is 14.1. The molecule has 0 unspecified atom stereocenters. The molecule has 2 rings (SSSR count). The molecule has 2 aromatic rings. The summed E-state index contributed by atoms with van der Waals surface area (Å²) in [5.74, 6) is 0.262. The van der Waals surface area contributed by atoms with Crippen LogP contribution < -0.4 is 5.32 Å². The molecule has 5 nitrogen and oxygen atoms in total. The molecule has 0 aliphatic heterocycles. The Balaban J connectivity index is 2.20. The van der Waals surface area contributed by atoms with Gasteiger partial charge >= 0.3 is 0 Å². The summed E-state index contributed by atoms with van der Waals surface area (Å²) in [5.41, 5.74) is 1.14. The lowest BCUT2D eigenvalue weighted by molar-refractivity contribution is 1.06. The number of hydrogen-bond donors (Lipinski definition) is 1. The van der Waals surface area contributed by atoms with Crippen LogP contribution in [0, 0.1) is 22.7 Å². The summed E-state index contributed by atoms with van der Waals surface area (Å²) in [6.45, 7) is 0.384. The average Bonchev–Trinajstić information content (AvgIpc) is 2.48. The van der Waals surface area contributed by atoms with Crippen LogP contribution in [-0.4, -0.2) is 9.97 Å². The Labute approximate surface area is 125 Å². The number of nitriles is 2. The molecule has 0 bridgehead atoms. The lowest BCUT2D eigenvalue weighted by atomic mass is 10.2. The zero-order valence-electron chi connectivity index (χ0n) is 10.1. The van der Waals surface area contributed by atoms with Crippen molar-refractivity contribution >= 4 is 29.0 Å². The molecule has 0 fully saturated rings. The van der Waals surface area contributed by atoms with E-state index in [-0.39, 0.29) is 17.2 Å². The van der Waals surface area contributed by atoms with Gasteiger partial charge in [0.1, 0.15) is 12.1 Å². The van der Waals surface area contributed by atoms with Crippen LogP contribution in [0.3, 0.4) is 0 Å². The number of anilines is 1. The van der Waals surface area contributed by atoms with Crippen molar-refractivity contribution in [3.63, 3.8) is 0 Å². The Morgan fingerprint density at radius 3 is 2.60 bits per heavy atom. The van der Waals surface area contributed by atoms with Crippen LogP contribution in [0.5, 0.6) is 0 Å². The summed E-state index contributed by atoms with van der Waals surface area (Å²) < 4.78 is 0. The highest BCUT2D eigenvalue weighted by molar-refractivity contribution is 6.42. The number of hydrogen-bond acceptors (Lipinski definition) is 5. The number of aromatic nitrogens is 2. The van der Waals surface area contributed by atoms with E-state index in [1.54, 1.807) is 18.2 Å². The van der Waals surface area contributed by atoms with Gasteiger partial charge < -0.3 is 5.32 Å². The van der Waals surface area contributed by atoms with Crippen molar-refractivity contribution in [3.05, 3.63) is 51.4 Å². The van der Waals surface area contributed by atoms with Crippen molar-refractivity contribution in [2.24, 2.45) is 0 Å². The van der Waals surface area contributed by atoms with Crippen LogP contribution >= 0.6 is 23.2 Å². The molecule has 0 amide bonds. The number of nitrogens with one attached hydrogen (secondary N) is 1. The lowest BCUT2D eigenvalue weighted by Crippen LogP contribution is -2.06. The number of benzene rings is 1. The van der Waals surface area contributed by atoms with Gasteiger partial charge in [-0.25, -0.2) is 9.97 Å². The number of nitrogens with zero attached hydrogens (tertiary/aromatic N) is 4. The molecule has 1 aromatic carbocycles. The predicted molar refractivity (Wildman–Crippen MR) is 75.3 cm³/mol. The average molecular weight is 304 g/mol. The Kier molecular flexibility index (Phi) is 4.37. The highest BCUT2D eigenvalue weighted by Gasteiger charge is 2.07. The zero-order chi connectivity index (χ0) is 14.5. The van der Waals surface area contributed by atoms with Crippen LogP contribution in [0.4, 0.5) is 5.82 Å². The maximum Gasteiger partial charge on any atom is 0.183 e. The maximum atomic E-state index is 8.95. The molecule has 1 aromatic heterocycles. The fourth-order valence-electron chi connectivity index (χ4n) is 1.48. The summed E-state index contributed by atoms with van der Waals surface area (Å²) in [6, 6.07) is 8.98. The van der Waals surface area contributed by atoms with E-state index >= 15 is 0 Å². The van der Waals surface area contributed by atoms with Crippen molar-refractivity contribution in [2.45, 2.75) is 6.54 Å². The van der Waals surface area contributed by atoms with Gasteiger partial charge in [-0.1, -0.05) is 29.3 Å². The van der Waals surface area contributed by atoms with E-state index in [2.05, 4.69) is 15.3 Å². The zero-order valence-corrected chi connectivity index (χ0v) is 11.6. The smallest absolute Gasteiger partial charge is 0.183 e. The topological polar surface area (TPSA) is 85.4 Å². The third kappa shape index (κ3) is 3.16. The normalized spacial score (nSPS) is 9.60. The van der Waals surface area contributed by atoms with E-state index in [1.165, 1.54) is 6.20 Å². The molecule has 0 radical (unpaired) electrons. The van der Waals surface area contributed by atoms with Gasteiger partial charge in [-0.3, -0.25) is 0 Å². The van der Waals surface area contributed by atoms with Gasteiger partial charge in [-0.05, 0) is 17.7 Å². The molecule has 0 aliphatic rings. The van der Waals surface area contributed by atoms with Gasteiger partial charge in [0.2, 0.25) is 0 Å². The summed E-state index contributed by atoms with van der Waals surface area (Å²) in [4.78, 5) is 7.86. The quantitative estimate of drug-likeness (QED) is 0.941. The Morgan fingerprint density at radius 2 is 1.95 bits per heavy atom. The lowest BCUT2D eigenvalue weighted by Gasteiger charge is -2.07. The predicted octanol–water partition coefficient (Wildman–Crippen LogP) is 3.14. The second kappa shape index (κ2) is 6.21. The summed E-state index contributed by atoms with van der Waals surface area (Å²) in [7, 11) is 0. The minimum atomic E-state index is 0.129. The van der Waals surface area contributed by atoms with Gasteiger partial charge in [0.05, 0.1) is 16.2 Å². The first-order chi connectivity index (χ1) is 9.63. The summed E-state index contributed by atoms with van der Waals surface area (Å²) in [5, 5.41) is 21.6. The molecular weight excluding hydrogens is 297 g/mol. The largest absolute Gasteiger partial charge is 0.364 e. The molecule has 0 saturated heterocycles. The van der Waals surface area contributed by atoms with E-state index < -0.39 is 0 Å². The van der Waals surface area contributed by atoms with Crippen LogP contribution in [0.15, 0.2) is 24.4 Å². The van der Waals surface area contributed by atoms with Crippen molar-refractivity contribution in [3.8, 4) is 12.1 Å². The maximum absolute atomic E-state index is 8.95. The van der Waals surface area contributed by atoms with Crippen molar-refractivity contribution < 1.29 is 0 Å². The Bertz CT molecular complexity index is 731. The van der Waals surface area contributed by atoms with E-state index in [0.717, 1.165) is 5.56 Å². The standard InChI is InChI=1S/C13H7Cl2N5/c14-10-2-1-8(3-11(10)15)6-19-13-12(5-17)18-7-9(4-16)20-13/h1-3,7H,6H2,(H,19,20). The minimum Gasteiger partial charge on any atom is -0.364 e. The molecule has 0 saturated carbocycles. The molecule has 20 heavy (non-hydrogen) atoms. The van der Waals surface area contributed by atoms with Crippen molar-refractivity contribution in [1.29, 1.82) is 10.5 Å². The molecule has 0 spiro atoms. The van der Waals surface area contributed by atoms with Crippen LogP contribution in [-0.2, 0) is 6.54 Å². The van der Waals surface area contributed by atoms with Gasteiger partial charge in [-0.15, -0.1) is 0 Å². The molecule has 0 aliphatic carbocycles. The molecule has 1 N–H and O–H groups in total. The molecule has 1 heterocycles. The second-order valence-electron chi connectivity index (χ2n) is 3.78. The SMILES string of the molecule is N#Cc1cnc(C#N)c(NCc2ccc(Cl)c(Cl)c2)n1. The van der Waals surface area contributed by atoms with E-state index in [1.807, 2.05) is 12.1 Å². The second-order valence-corrected chi connectivity index (χ2v) is 4.59. The Morgan fingerprint density at radius 1 is 1.15 bits per heavy atom. The highest BCUT2D eigenvalue weighted by Crippen LogP contribution is 2.23. The van der Waals surface area contributed by atoms with Crippen molar-refractivity contribution in [1.82, 2.24) is 9.97 Å². The van der Waals surface area contributed by atoms with Crippen LogP contribution in [0.1, 0.15) is 17.0 Å². The fourth-order valence-corrected chi connectivity index (χ4v) is 1.80. The van der Waals surface area contributed by atoms with Crippen molar-refractivity contribution in [2.75, 3.05) is 5.32 Å². The van der Waals surface area contributed by atoms with Gasteiger partial charge in [0.15, 0.2) is 17.2 Å². The van der Waals surface area contributed by atoms with E-state index in [0.29, 0.717) is 16.6 Å². The van der Waals surface area contributed by atoms with Gasteiger partial charge in [0.25, 0.3) is 0 Å². The third-order valence-corrected chi connectivity index (χ3v) is 3.18. The molecule has 0 atom stereocenters. The van der Waals surface area contributed by atoms with Crippen LogP contribution in [0.25, 0.3) is 0 Å². The minimum absolute atomic E-state index is 0.129. The van der Waals surface area contributed by atoms with Gasteiger partial charge in [-0.2, -0.15) is 10.5 Å². The van der Waals surface area contributed by atoms with Crippen LogP contribution in [0.2, 0.25) is 10.0 Å². The van der Waals surface area contributed by atoms with Gasteiger partial charge in [0, 0.05) is 6.54 Å². The Hall–Kier alpha value is -2.34. The van der Waals surface area contributed by atoms with E-state index in [9.17, 15) is 0 Å². The fraction of sp³-hybridized carbons (Fsp3) is 0.0769. The van der Waals surface area contributed by atoms with E-state index in [4.69, 9.17) is 33.7 Å². The number of halogens is 2. The monoisotopic (exact) mass is 303 g/mol. The molecular formula is C13H7Cl2N5. The number of rotatable bonds is 3. The summed E-state index contributed by atoms with van der Waals surface area (Å²) in [6.07, 6.45) is 1.25. The third-order valence-electron chi connectivity index (χ3n) is 2.44. The first-order valence-corrected chi connectivity index (χ1v) is 6.24. The highest BCUT2D eigenvalue weighted by atomic mass is 35.5. The molecule has 98 valence electrons.